The van der Waals surface area contributed by atoms with Gasteiger partial charge in [-0.05, 0) is 36.2 Å². The standard InChI is InChI=1S/C22H20F3N3O3S/c1-2-12-32(30,31)17-8-9-18(15-6-4-3-5-7-15)19(14-17)27-21(29)28-20-13-16(10-11-26-20)22(23,24)25/h3-11,13-14H,2,12H2,1H3,(H2,26,27,28,29). The molecule has 1 aromatic heterocycles. The molecule has 0 fully saturated rings. The zero-order valence-corrected chi connectivity index (χ0v) is 17.8. The average molecular weight is 463 g/mol. The number of urea groups is 1. The van der Waals surface area contributed by atoms with Crippen LogP contribution in [0.3, 0.4) is 0 Å². The molecule has 0 spiro atoms. The van der Waals surface area contributed by atoms with Crippen molar-refractivity contribution in [3.8, 4) is 11.1 Å². The van der Waals surface area contributed by atoms with Crippen LogP contribution >= 0.6 is 0 Å². The van der Waals surface area contributed by atoms with Crippen LogP contribution in [0.5, 0.6) is 0 Å². The minimum Gasteiger partial charge on any atom is -0.307 e. The molecule has 0 aliphatic rings. The van der Waals surface area contributed by atoms with Crippen LogP contribution < -0.4 is 10.6 Å². The highest BCUT2D eigenvalue weighted by molar-refractivity contribution is 7.91. The van der Waals surface area contributed by atoms with Crippen molar-refractivity contribution < 1.29 is 26.4 Å². The molecule has 2 aromatic carbocycles. The first-order valence-electron chi connectivity index (χ1n) is 9.63. The molecule has 3 aromatic rings. The number of nitrogens with one attached hydrogen (secondary N) is 2. The number of alkyl halides is 3. The van der Waals surface area contributed by atoms with E-state index in [4.69, 9.17) is 0 Å². The first-order valence-corrected chi connectivity index (χ1v) is 11.3. The summed E-state index contributed by atoms with van der Waals surface area (Å²) in [6.45, 7) is 1.74. The van der Waals surface area contributed by atoms with Crippen molar-refractivity contribution in [2.24, 2.45) is 0 Å². The predicted octanol–water partition coefficient (Wildman–Crippen LogP) is 5.60. The summed E-state index contributed by atoms with van der Waals surface area (Å²) in [5, 5.41) is 4.79. The molecule has 2 amide bonds. The number of sulfone groups is 1. The van der Waals surface area contributed by atoms with Gasteiger partial charge in [0.05, 0.1) is 21.9 Å². The van der Waals surface area contributed by atoms with Gasteiger partial charge < -0.3 is 5.32 Å². The van der Waals surface area contributed by atoms with Gasteiger partial charge in [-0.2, -0.15) is 13.2 Å². The van der Waals surface area contributed by atoms with Crippen LogP contribution in [0.1, 0.15) is 18.9 Å². The van der Waals surface area contributed by atoms with Crippen molar-refractivity contribution in [2.75, 3.05) is 16.4 Å². The van der Waals surface area contributed by atoms with Gasteiger partial charge >= 0.3 is 12.2 Å². The smallest absolute Gasteiger partial charge is 0.307 e. The molecule has 3 rings (SSSR count). The summed E-state index contributed by atoms with van der Waals surface area (Å²) in [5.74, 6) is -0.356. The summed E-state index contributed by atoms with van der Waals surface area (Å²) >= 11 is 0. The van der Waals surface area contributed by atoms with Crippen molar-refractivity contribution in [2.45, 2.75) is 24.4 Å². The van der Waals surface area contributed by atoms with E-state index in [9.17, 15) is 26.4 Å². The van der Waals surface area contributed by atoms with Gasteiger partial charge in [-0.25, -0.2) is 18.2 Å². The summed E-state index contributed by atoms with van der Waals surface area (Å²) in [6.07, 6.45) is -3.22. The summed E-state index contributed by atoms with van der Waals surface area (Å²) in [6, 6.07) is 14.0. The number of pyridine rings is 1. The molecule has 1 heterocycles. The van der Waals surface area contributed by atoms with Gasteiger partial charge in [0.2, 0.25) is 0 Å². The van der Waals surface area contributed by atoms with E-state index in [1.165, 1.54) is 12.1 Å². The number of rotatable bonds is 6. The fourth-order valence-electron chi connectivity index (χ4n) is 3.02. The maximum Gasteiger partial charge on any atom is 0.416 e. The monoisotopic (exact) mass is 463 g/mol. The second-order valence-electron chi connectivity index (χ2n) is 6.90. The molecule has 0 aliphatic heterocycles. The van der Waals surface area contributed by atoms with E-state index >= 15 is 0 Å². The summed E-state index contributed by atoms with van der Waals surface area (Å²) in [5.41, 5.74) is 0.505. The lowest BCUT2D eigenvalue weighted by Gasteiger charge is -2.15. The van der Waals surface area contributed by atoms with Gasteiger partial charge in [-0.1, -0.05) is 43.3 Å². The summed E-state index contributed by atoms with van der Waals surface area (Å²) < 4.78 is 63.7. The lowest BCUT2D eigenvalue weighted by atomic mass is 10.0. The van der Waals surface area contributed by atoms with Crippen molar-refractivity contribution in [3.05, 3.63) is 72.4 Å². The maximum atomic E-state index is 12.9. The Morgan fingerprint density at radius 2 is 1.72 bits per heavy atom. The minimum absolute atomic E-state index is 0.0338. The van der Waals surface area contributed by atoms with Crippen LogP contribution in [0, 0.1) is 0 Å². The van der Waals surface area contributed by atoms with Crippen molar-refractivity contribution in [1.29, 1.82) is 0 Å². The molecule has 2 N–H and O–H groups in total. The number of benzene rings is 2. The summed E-state index contributed by atoms with van der Waals surface area (Å²) in [7, 11) is -3.56. The quantitative estimate of drug-likeness (QED) is 0.498. The number of amides is 2. The van der Waals surface area contributed by atoms with Crippen LogP contribution in [0.25, 0.3) is 11.1 Å². The lowest BCUT2D eigenvalue weighted by molar-refractivity contribution is -0.137. The largest absolute Gasteiger partial charge is 0.416 e. The third-order valence-electron chi connectivity index (χ3n) is 4.48. The SMILES string of the molecule is CCCS(=O)(=O)c1ccc(-c2ccccc2)c(NC(=O)Nc2cc(C(F)(F)F)ccn2)c1. The Bertz CT molecular complexity index is 1210. The molecule has 168 valence electrons. The van der Waals surface area contributed by atoms with E-state index < -0.39 is 27.6 Å². The van der Waals surface area contributed by atoms with E-state index in [1.54, 1.807) is 37.3 Å². The van der Waals surface area contributed by atoms with Crippen LogP contribution in [-0.4, -0.2) is 25.2 Å². The molecular formula is C22H20F3N3O3S. The molecule has 0 saturated heterocycles. The van der Waals surface area contributed by atoms with E-state index in [-0.39, 0.29) is 22.2 Å². The number of anilines is 2. The normalized spacial score (nSPS) is 11.8. The molecule has 0 saturated carbocycles. The Balaban J connectivity index is 1.93. The maximum absolute atomic E-state index is 12.9. The third kappa shape index (κ3) is 5.64. The number of hydrogen-bond acceptors (Lipinski definition) is 4. The van der Waals surface area contributed by atoms with Crippen LogP contribution in [-0.2, 0) is 16.0 Å². The highest BCUT2D eigenvalue weighted by Gasteiger charge is 2.30. The molecular weight excluding hydrogens is 443 g/mol. The second-order valence-corrected chi connectivity index (χ2v) is 9.01. The zero-order chi connectivity index (χ0) is 23.4. The van der Waals surface area contributed by atoms with Crippen LogP contribution in [0.4, 0.5) is 29.5 Å². The second kappa shape index (κ2) is 9.39. The van der Waals surface area contributed by atoms with Gasteiger partial charge in [0, 0.05) is 11.8 Å². The van der Waals surface area contributed by atoms with Gasteiger partial charge in [0.1, 0.15) is 5.82 Å². The van der Waals surface area contributed by atoms with Gasteiger partial charge in [0.25, 0.3) is 0 Å². The molecule has 32 heavy (non-hydrogen) atoms. The number of halogens is 3. The molecule has 0 bridgehead atoms. The fraction of sp³-hybridized carbons (Fsp3) is 0.182. The molecule has 0 aliphatic carbocycles. The van der Waals surface area contributed by atoms with E-state index in [0.29, 0.717) is 18.1 Å². The Morgan fingerprint density at radius 3 is 2.38 bits per heavy atom. The van der Waals surface area contributed by atoms with Gasteiger partial charge in [-0.3, -0.25) is 5.32 Å². The summed E-state index contributed by atoms with van der Waals surface area (Å²) in [4.78, 5) is 16.3. The van der Waals surface area contributed by atoms with Crippen LogP contribution in [0.2, 0.25) is 0 Å². The number of aromatic nitrogens is 1. The number of carbonyl (C=O) groups excluding carboxylic acids is 1. The zero-order valence-electron chi connectivity index (χ0n) is 17.0. The number of nitrogens with zero attached hydrogens (tertiary/aromatic N) is 1. The van der Waals surface area contributed by atoms with Gasteiger partial charge in [-0.15, -0.1) is 0 Å². The molecule has 0 radical (unpaired) electrons. The Kier molecular flexibility index (Phi) is 6.83. The Morgan fingerprint density at radius 1 is 1.00 bits per heavy atom. The average Bonchev–Trinajstić information content (AvgIpc) is 2.74. The lowest BCUT2D eigenvalue weighted by Crippen LogP contribution is -2.21. The highest BCUT2D eigenvalue weighted by atomic mass is 32.2. The first-order chi connectivity index (χ1) is 15.1. The molecule has 0 atom stereocenters. The van der Waals surface area contributed by atoms with E-state index in [0.717, 1.165) is 17.8 Å². The molecule has 6 nitrogen and oxygen atoms in total. The highest BCUT2D eigenvalue weighted by Crippen LogP contribution is 2.32. The third-order valence-corrected chi connectivity index (χ3v) is 6.40. The Hall–Kier alpha value is -3.40. The first kappa shape index (κ1) is 23.3. The Labute approximate surface area is 183 Å². The van der Waals surface area contributed by atoms with Crippen molar-refractivity contribution >= 4 is 27.4 Å². The molecule has 0 unspecified atom stereocenters. The molecule has 10 heteroatoms. The van der Waals surface area contributed by atoms with Crippen molar-refractivity contribution in [3.63, 3.8) is 0 Å². The van der Waals surface area contributed by atoms with E-state index in [2.05, 4.69) is 15.6 Å². The van der Waals surface area contributed by atoms with Crippen LogP contribution in [0.15, 0.2) is 71.8 Å². The predicted molar refractivity (Wildman–Crippen MR) is 116 cm³/mol. The van der Waals surface area contributed by atoms with E-state index in [1.807, 2.05) is 6.07 Å². The minimum atomic E-state index is -4.59. The topological polar surface area (TPSA) is 88.2 Å². The number of carbonyl (C=O) groups is 1. The fourth-order valence-corrected chi connectivity index (χ4v) is 4.37. The number of hydrogen-bond donors (Lipinski definition) is 2. The van der Waals surface area contributed by atoms with Gasteiger partial charge in [0.15, 0.2) is 9.84 Å². The van der Waals surface area contributed by atoms with Crippen molar-refractivity contribution in [1.82, 2.24) is 4.98 Å².